The van der Waals surface area contributed by atoms with Gasteiger partial charge >= 0.3 is 11.4 Å². The minimum atomic E-state index is -0.610. The normalized spacial score (nSPS) is 11.7. The number of aromatic nitrogens is 3. The summed E-state index contributed by atoms with van der Waals surface area (Å²) in [5.41, 5.74) is 1.29. The first-order valence-electron chi connectivity index (χ1n) is 9.92. The number of benzene rings is 2. The van der Waals surface area contributed by atoms with E-state index in [0.717, 1.165) is 21.4 Å². The zero-order valence-corrected chi connectivity index (χ0v) is 17.9. The molecule has 0 atom stereocenters. The molecule has 0 saturated carbocycles. The van der Waals surface area contributed by atoms with Crippen LogP contribution in [0.5, 0.6) is 0 Å². The summed E-state index contributed by atoms with van der Waals surface area (Å²) in [6.07, 6.45) is 0. The first-order valence-corrected chi connectivity index (χ1v) is 9.92. The van der Waals surface area contributed by atoms with Gasteiger partial charge in [-0.1, -0.05) is 51.1 Å². The highest BCUT2D eigenvalue weighted by molar-refractivity contribution is 5.60. The Morgan fingerprint density at radius 2 is 1.67 bits per heavy atom. The highest BCUT2D eigenvalue weighted by atomic mass is 19.1. The number of nitrogens with zero attached hydrogens (tertiary/aromatic N) is 3. The summed E-state index contributed by atoms with van der Waals surface area (Å²) in [7, 11) is 0. The molecular formula is C23H27FN4O2. The molecule has 0 unspecified atom stereocenters. The smallest absolute Gasteiger partial charge is 0.325 e. The highest BCUT2D eigenvalue weighted by Crippen LogP contribution is 2.30. The minimum Gasteiger partial charge on any atom is -0.325 e. The Labute approximate surface area is 175 Å². The first kappa shape index (κ1) is 21.5. The molecule has 0 aliphatic carbocycles. The molecule has 158 valence electrons. The van der Waals surface area contributed by atoms with E-state index in [4.69, 9.17) is 0 Å². The SMILES string of the molecule is CC(C)n1c(=O)nc(Nc2ccccc2C(C)(C)C)n(Cc2ccc(F)cc2)c1=O. The molecule has 0 fully saturated rings. The molecule has 0 radical (unpaired) electrons. The van der Waals surface area contributed by atoms with Crippen molar-refractivity contribution in [2.24, 2.45) is 0 Å². The lowest BCUT2D eigenvalue weighted by Gasteiger charge is -2.24. The van der Waals surface area contributed by atoms with Crippen LogP contribution in [0.3, 0.4) is 0 Å². The fourth-order valence-electron chi connectivity index (χ4n) is 3.33. The zero-order valence-electron chi connectivity index (χ0n) is 17.9. The van der Waals surface area contributed by atoms with Crippen molar-refractivity contribution < 1.29 is 4.39 Å². The molecule has 7 heteroatoms. The molecule has 1 aromatic heterocycles. The molecule has 2 aromatic carbocycles. The summed E-state index contributed by atoms with van der Waals surface area (Å²) < 4.78 is 15.8. The molecule has 0 spiro atoms. The van der Waals surface area contributed by atoms with Gasteiger partial charge in [0.15, 0.2) is 0 Å². The average molecular weight is 410 g/mol. The van der Waals surface area contributed by atoms with Crippen LogP contribution in [0.4, 0.5) is 16.0 Å². The van der Waals surface area contributed by atoms with Crippen molar-refractivity contribution >= 4 is 11.6 Å². The third-order valence-corrected chi connectivity index (χ3v) is 4.85. The maximum absolute atomic E-state index is 13.3. The lowest BCUT2D eigenvalue weighted by atomic mass is 9.86. The number of hydrogen-bond donors (Lipinski definition) is 1. The maximum atomic E-state index is 13.3. The molecular weight excluding hydrogens is 383 g/mol. The van der Waals surface area contributed by atoms with E-state index in [0.29, 0.717) is 0 Å². The van der Waals surface area contributed by atoms with Gasteiger partial charge < -0.3 is 5.32 Å². The second-order valence-electron chi connectivity index (χ2n) is 8.60. The second kappa shape index (κ2) is 8.26. The van der Waals surface area contributed by atoms with E-state index >= 15 is 0 Å². The molecule has 0 aliphatic heterocycles. The number of halogens is 1. The highest BCUT2D eigenvalue weighted by Gasteiger charge is 2.20. The van der Waals surface area contributed by atoms with Crippen LogP contribution in [-0.4, -0.2) is 14.1 Å². The van der Waals surface area contributed by atoms with Crippen LogP contribution in [-0.2, 0) is 12.0 Å². The molecule has 0 amide bonds. The molecule has 0 bridgehead atoms. The van der Waals surface area contributed by atoms with Gasteiger partial charge in [-0.2, -0.15) is 4.98 Å². The van der Waals surface area contributed by atoms with Crippen molar-refractivity contribution in [1.29, 1.82) is 0 Å². The monoisotopic (exact) mass is 410 g/mol. The average Bonchev–Trinajstić information content (AvgIpc) is 2.65. The van der Waals surface area contributed by atoms with E-state index in [1.807, 2.05) is 24.3 Å². The van der Waals surface area contributed by atoms with Crippen LogP contribution in [0.15, 0.2) is 58.1 Å². The maximum Gasteiger partial charge on any atom is 0.355 e. The van der Waals surface area contributed by atoms with E-state index in [2.05, 4.69) is 31.1 Å². The molecule has 1 N–H and O–H groups in total. The number of anilines is 2. The Bertz CT molecular complexity index is 1160. The van der Waals surface area contributed by atoms with Crippen LogP contribution in [0.25, 0.3) is 0 Å². The quantitative estimate of drug-likeness (QED) is 0.684. The van der Waals surface area contributed by atoms with Crippen molar-refractivity contribution in [2.45, 2.75) is 52.6 Å². The number of rotatable bonds is 5. The van der Waals surface area contributed by atoms with Gasteiger partial charge in [0.05, 0.1) is 6.54 Å². The van der Waals surface area contributed by atoms with E-state index in [9.17, 15) is 14.0 Å². The van der Waals surface area contributed by atoms with Crippen LogP contribution >= 0.6 is 0 Å². The molecule has 3 aromatic rings. The first-order chi connectivity index (χ1) is 14.1. The standard InChI is InChI=1S/C23H27FN4O2/c1-15(2)28-21(29)26-20(25-19-9-7-6-8-18(19)23(3,4)5)27(22(28)30)14-16-10-12-17(24)13-11-16/h6-13,15H,14H2,1-5H3,(H,25,26,29). The molecule has 0 saturated heterocycles. The van der Waals surface area contributed by atoms with Crippen molar-refractivity contribution in [3.63, 3.8) is 0 Å². The summed E-state index contributed by atoms with van der Waals surface area (Å²) in [5, 5.41) is 3.19. The van der Waals surface area contributed by atoms with Gasteiger partial charge in [-0.05, 0) is 48.6 Å². The number of para-hydroxylation sites is 1. The van der Waals surface area contributed by atoms with E-state index in [1.165, 1.54) is 16.7 Å². The minimum absolute atomic E-state index is 0.152. The van der Waals surface area contributed by atoms with E-state index in [-0.39, 0.29) is 29.8 Å². The Morgan fingerprint density at radius 3 is 2.27 bits per heavy atom. The van der Waals surface area contributed by atoms with Crippen molar-refractivity contribution in [1.82, 2.24) is 14.1 Å². The fraction of sp³-hybridized carbons (Fsp3) is 0.348. The molecule has 30 heavy (non-hydrogen) atoms. The largest absolute Gasteiger partial charge is 0.355 e. The van der Waals surface area contributed by atoms with Crippen molar-refractivity contribution in [3.05, 3.63) is 86.4 Å². The Balaban J connectivity index is 2.16. The van der Waals surface area contributed by atoms with E-state index < -0.39 is 11.4 Å². The van der Waals surface area contributed by atoms with Crippen molar-refractivity contribution in [2.75, 3.05) is 5.32 Å². The second-order valence-corrected chi connectivity index (χ2v) is 8.60. The fourth-order valence-corrected chi connectivity index (χ4v) is 3.33. The summed E-state index contributed by atoms with van der Waals surface area (Å²) in [6, 6.07) is 13.3. The van der Waals surface area contributed by atoms with Crippen molar-refractivity contribution in [3.8, 4) is 0 Å². The zero-order chi connectivity index (χ0) is 22.1. The van der Waals surface area contributed by atoms with E-state index in [1.54, 1.807) is 26.0 Å². The van der Waals surface area contributed by atoms with Crippen LogP contribution in [0.1, 0.15) is 51.8 Å². The Kier molecular flexibility index (Phi) is 5.92. The molecule has 1 heterocycles. The summed E-state index contributed by atoms with van der Waals surface area (Å²) in [4.78, 5) is 29.9. The van der Waals surface area contributed by atoms with Gasteiger partial charge in [-0.15, -0.1) is 0 Å². The summed E-state index contributed by atoms with van der Waals surface area (Å²) in [6.45, 7) is 9.93. The van der Waals surface area contributed by atoms with Gasteiger partial charge in [0, 0.05) is 11.7 Å². The topological polar surface area (TPSA) is 68.9 Å². The lowest BCUT2D eigenvalue weighted by Crippen LogP contribution is -2.43. The van der Waals surface area contributed by atoms with Gasteiger partial charge in [-0.3, -0.25) is 4.57 Å². The number of hydrogen-bond acceptors (Lipinski definition) is 4. The number of nitrogens with one attached hydrogen (secondary N) is 1. The lowest BCUT2D eigenvalue weighted by molar-refractivity contribution is 0.497. The van der Waals surface area contributed by atoms with Gasteiger partial charge in [0.25, 0.3) is 0 Å². The predicted octanol–water partition coefficient (Wildman–Crippen LogP) is 4.21. The summed E-state index contributed by atoms with van der Waals surface area (Å²) in [5.74, 6) is -0.197. The third-order valence-electron chi connectivity index (χ3n) is 4.85. The molecule has 3 rings (SSSR count). The van der Waals surface area contributed by atoms with Gasteiger partial charge in [0.2, 0.25) is 5.95 Å². The Hall–Kier alpha value is -3.22. The third kappa shape index (κ3) is 4.50. The summed E-state index contributed by atoms with van der Waals surface area (Å²) >= 11 is 0. The van der Waals surface area contributed by atoms with Crippen LogP contribution in [0, 0.1) is 5.82 Å². The van der Waals surface area contributed by atoms with Gasteiger partial charge in [-0.25, -0.2) is 18.5 Å². The predicted molar refractivity (Wildman–Crippen MR) is 117 cm³/mol. The van der Waals surface area contributed by atoms with Crippen LogP contribution in [0.2, 0.25) is 0 Å². The van der Waals surface area contributed by atoms with Gasteiger partial charge in [0.1, 0.15) is 5.82 Å². The molecule has 0 aliphatic rings. The molecule has 6 nitrogen and oxygen atoms in total. The Morgan fingerprint density at radius 1 is 1.03 bits per heavy atom. The van der Waals surface area contributed by atoms with Crippen LogP contribution < -0.4 is 16.7 Å².